The Morgan fingerprint density at radius 2 is 1.50 bits per heavy atom. The smallest absolute Gasteiger partial charge is 0.257 e. The van der Waals surface area contributed by atoms with E-state index in [-0.39, 0.29) is 5.91 Å². The highest BCUT2D eigenvalue weighted by Gasteiger charge is 2.12. The molecule has 3 heteroatoms. The van der Waals surface area contributed by atoms with Gasteiger partial charge in [-0.25, -0.2) is 0 Å². The summed E-state index contributed by atoms with van der Waals surface area (Å²) in [7, 11) is 0. The van der Waals surface area contributed by atoms with Crippen LogP contribution in [-0.4, -0.2) is 5.91 Å². The van der Waals surface area contributed by atoms with Gasteiger partial charge in [0.2, 0.25) is 0 Å². The van der Waals surface area contributed by atoms with Crippen LogP contribution in [0.25, 0.3) is 0 Å². The first-order valence-electron chi connectivity index (χ1n) is 7.93. The van der Waals surface area contributed by atoms with Crippen LogP contribution in [0.15, 0.2) is 72.8 Å². The molecule has 0 atom stereocenters. The first kappa shape index (κ1) is 15.8. The first-order valence-corrected chi connectivity index (χ1v) is 7.93. The molecule has 0 saturated carbocycles. The van der Waals surface area contributed by atoms with Gasteiger partial charge in [-0.2, -0.15) is 0 Å². The molecule has 2 N–H and O–H groups in total. The van der Waals surface area contributed by atoms with Crippen molar-refractivity contribution in [2.45, 2.75) is 13.8 Å². The lowest BCUT2D eigenvalue weighted by atomic mass is 10.1. The van der Waals surface area contributed by atoms with Crippen molar-refractivity contribution in [3.63, 3.8) is 0 Å². The van der Waals surface area contributed by atoms with Crippen molar-refractivity contribution >= 4 is 23.0 Å². The number of carbonyl (C=O) groups is 1. The van der Waals surface area contributed by atoms with Gasteiger partial charge in [-0.15, -0.1) is 0 Å². The van der Waals surface area contributed by atoms with E-state index in [1.54, 1.807) is 0 Å². The Balaban J connectivity index is 1.86. The second kappa shape index (κ2) is 7.01. The summed E-state index contributed by atoms with van der Waals surface area (Å²) in [5, 5.41) is 6.32. The summed E-state index contributed by atoms with van der Waals surface area (Å²) in [5.41, 5.74) is 5.43. The molecular formula is C21H20N2O. The third-order valence-electron chi connectivity index (χ3n) is 3.86. The average molecular weight is 316 g/mol. The molecule has 0 unspecified atom stereocenters. The fraction of sp³-hybridized carbons (Fsp3) is 0.0952. The quantitative estimate of drug-likeness (QED) is 0.686. The number of para-hydroxylation sites is 2. The van der Waals surface area contributed by atoms with Crippen LogP contribution in [0.4, 0.5) is 17.1 Å². The third-order valence-corrected chi connectivity index (χ3v) is 3.86. The van der Waals surface area contributed by atoms with Gasteiger partial charge in [0, 0.05) is 11.4 Å². The highest BCUT2D eigenvalue weighted by atomic mass is 16.1. The number of aryl methyl sites for hydroxylation is 2. The predicted octanol–water partition coefficient (Wildman–Crippen LogP) is 5.30. The molecule has 1 amide bonds. The van der Waals surface area contributed by atoms with E-state index in [9.17, 15) is 4.79 Å². The van der Waals surface area contributed by atoms with E-state index < -0.39 is 0 Å². The number of hydrogen-bond acceptors (Lipinski definition) is 2. The van der Waals surface area contributed by atoms with Gasteiger partial charge in [-0.05, 0) is 55.3 Å². The standard InChI is InChI=1S/C21H20N2O/c1-15-8-7-10-17(14-15)22-21(24)18-11-4-6-13-20(18)23-19-12-5-3-9-16(19)2/h3-14,23H,1-2H3,(H,22,24). The van der Waals surface area contributed by atoms with E-state index in [4.69, 9.17) is 0 Å². The maximum absolute atomic E-state index is 12.7. The molecular weight excluding hydrogens is 296 g/mol. The van der Waals surface area contributed by atoms with E-state index in [1.807, 2.05) is 86.6 Å². The van der Waals surface area contributed by atoms with Gasteiger partial charge < -0.3 is 10.6 Å². The minimum Gasteiger partial charge on any atom is -0.355 e. The van der Waals surface area contributed by atoms with Crippen LogP contribution >= 0.6 is 0 Å². The van der Waals surface area contributed by atoms with E-state index in [0.717, 1.165) is 28.2 Å². The Bertz CT molecular complexity index is 871. The monoisotopic (exact) mass is 316 g/mol. The number of hydrogen-bond donors (Lipinski definition) is 2. The molecule has 0 saturated heterocycles. The van der Waals surface area contributed by atoms with Crippen molar-refractivity contribution in [2.24, 2.45) is 0 Å². The van der Waals surface area contributed by atoms with E-state index in [0.29, 0.717) is 5.56 Å². The largest absolute Gasteiger partial charge is 0.355 e. The summed E-state index contributed by atoms with van der Waals surface area (Å²) in [6.07, 6.45) is 0. The summed E-state index contributed by atoms with van der Waals surface area (Å²) >= 11 is 0. The SMILES string of the molecule is Cc1cccc(NC(=O)c2ccccc2Nc2ccccc2C)c1. The van der Waals surface area contributed by atoms with Crippen LogP contribution in [0.2, 0.25) is 0 Å². The Morgan fingerprint density at radius 1 is 0.792 bits per heavy atom. The second-order valence-electron chi connectivity index (χ2n) is 5.81. The number of amides is 1. The van der Waals surface area contributed by atoms with Crippen molar-refractivity contribution in [3.8, 4) is 0 Å². The van der Waals surface area contributed by atoms with Crippen LogP contribution in [-0.2, 0) is 0 Å². The minimum atomic E-state index is -0.128. The Labute approximate surface area is 142 Å². The average Bonchev–Trinajstić information content (AvgIpc) is 2.57. The lowest BCUT2D eigenvalue weighted by molar-refractivity contribution is 0.102. The summed E-state index contributed by atoms with van der Waals surface area (Å²) < 4.78 is 0. The second-order valence-corrected chi connectivity index (χ2v) is 5.81. The number of nitrogens with one attached hydrogen (secondary N) is 2. The Kier molecular flexibility index (Phi) is 4.62. The van der Waals surface area contributed by atoms with E-state index in [1.165, 1.54) is 0 Å². The molecule has 3 rings (SSSR count). The molecule has 120 valence electrons. The molecule has 0 aliphatic heterocycles. The summed E-state index contributed by atoms with van der Waals surface area (Å²) in [6.45, 7) is 4.04. The molecule has 0 heterocycles. The summed E-state index contributed by atoms with van der Waals surface area (Å²) in [6, 6.07) is 23.3. The maximum atomic E-state index is 12.7. The molecule has 0 spiro atoms. The van der Waals surface area contributed by atoms with Gasteiger partial charge in [-0.3, -0.25) is 4.79 Å². The molecule has 0 radical (unpaired) electrons. The van der Waals surface area contributed by atoms with Crippen molar-refractivity contribution in [1.29, 1.82) is 0 Å². The number of benzene rings is 3. The van der Waals surface area contributed by atoms with Gasteiger partial charge in [0.25, 0.3) is 5.91 Å². The normalized spacial score (nSPS) is 10.2. The molecule has 24 heavy (non-hydrogen) atoms. The fourth-order valence-corrected chi connectivity index (χ4v) is 2.57. The summed E-state index contributed by atoms with van der Waals surface area (Å²) in [5.74, 6) is -0.128. The molecule has 0 aliphatic carbocycles. The molecule has 0 bridgehead atoms. The predicted molar refractivity (Wildman–Crippen MR) is 100 cm³/mol. The Hall–Kier alpha value is -3.07. The number of carbonyl (C=O) groups excluding carboxylic acids is 1. The lowest BCUT2D eigenvalue weighted by Crippen LogP contribution is -2.14. The van der Waals surface area contributed by atoms with Gasteiger partial charge in [-0.1, -0.05) is 42.5 Å². The molecule has 0 fully saturated rings. The highest BCUT2D eigenvalue weighted by molar-refractivity contribution is 6.08. The topological polar surface area (TPSA) is 41.1 Å². The lowest BCUT2D eigenvalue weighted by Gasteiger charge is -2.14. The first-order chi connectivity index (χ1) is 11.6. The van der Waals surface area contributed by atoms with Crippen LogP contribution in [0, 0.1) is 13.8 Å². The van der Waals surface area contributed by atoms with Crippen molar-refractivity contribution in [1.82, 2.24) is 0 Å². The maximum Gasteiger partial charge on any atom is 0.257 e. The molecule has 3 aromatic carbocycles. The van der Waals surface area contributed by atoms with Gasteiger partial charge in [0.15, 0.2) is 0 Å². The zero-order valence-electron chi connectivity index (χ0n) is 13.8. The molecule has 0 aromatic heterocycles. The molecule has 3 aromatic rings. The van der Waals surface area contributed by atoms with Crippen LogP contribution < -0.4 is 10.6 Å². The zero-order chi connectivity index (χ0) is 16.9. The third kappa shape index (κ3) is 3.63. The van der Waals surface area contributed by atoms with Crippen LogP contribution in [0.1, 0.15) is 21.5 Å². The number of anilines is 3. The number of rotatable bonds is 4. The summed E-state index contributed by atoms with van der Waals surface area (Å²) in [4.78, 5) is 12.7. The van der Waals surface area contributed by atoms with Gasteiger partial charge >= 0.3 is 0 Å². The van der Waals surface area contributed by atoms with Gasteiger partial charge in [0.1, 0.15) is 0 Å². The van der Waals surface area contributed by atoms with Crippen molar-refractivity contribution in [2.75, 3.05) is 10.6 Å². The van der Waals surface area contributed by atoms with Crippen molar-refractivity contribution in [3.05, 3.63) is 89.5 Å². The minimum absolute atomic E-state index is 0.128. The van der Waals surface area contributed by atoms with E-state index in [2.05, 4.69) is 10.6 Å². The fourth-order valence-electron chi connectivity index (χ4n) is 2.57. The zero-order valence-corrected chi connectivity index (χ0v) is 13.8. The molecule has 3 nitrogen and oxygen atoms in total. The van der Waals surface area contributed by atoms with Crippen LogP contribution in [0.5, 0.6) is 0 Å². The van der Waals surface area contributed by atoms with Crippen molar-refractivity contribution < 1.29 is 4.79 Å². The van der Waals surface area contributed by atoms with E-state index >= 15 is 0 Å². The Morgan fingerprint density at radius 3 is 2.25 bits per heavy atom. The molecule has 0 aliphatic rings. The highest BCUT2D eigenvalue weighted by Crippen LogP contribution is 2.24. The van der Waals surface area contributed by atoms with Gasteiger partial charge in [0.05, 0.1) is 11.3 Å². The van der Waals surface area contributed by atoms with Crippen LogP contribution in [0.3, 0.4) is 0 Å².